The van der Waals surface area contributed by atoms with Gasteiger partial charge >= 0.3 is 7.82 Å². The predicted molar refractivity (Wildman–Crippen MR) is 108 cm³/mol. The van der Waals surface area contributed by atoms with Crippen LogP contribution in [-0.4, -0.2) is 17.6 Å². The summed E-state index contributed by atoms with van der Waals surface area (Å²) in [5, 5.41) is 0. The van der Waals surface area contributed by atoms with Crippen molar-refractivity contribution in [3.8, 4) is 0 Å². The molecular weight excluding hydrogens is 351 g/mol. The van der Waals surface area contributed by atoms with E-state index in [4.69, 9.17) is 9.41 Å². The monoisotopic (exact) mass is 394 g/mol. The van der Waals surface area contributed by atoms with Gasteiger partial charge in [0.15, 0.2) is 0 Å². The van der Waals surface area contributed by atoms with Gasteiger partial charge in [0.1, 0.15) is 0 Å². The van der Waals surface area contributed by atoms with Crippen molar-refractivity contribution in [2.45, 2.75) is 123 Å². The van der Waals surface area contributed by atoms with Crippen molar-refractivity contribution >= 4 is 7.82 Å². The van der Waals surface area contributed by atoms with Gasteiger partial charge in [-0.05, 0) is 19.8 Å². The molecule has 0 aliphatic rings. The van der Waals surface area contributed by atoms with Crippen LogP contribution in [0.2, 0.25) is 0 Å². The lowest BCUT2D eigenvalue weighted by Gasteiger charge is -2.14. The van der Waals surface area contributed by atoms with Gasteiger partial charge in [0.25, 0.3) is 0 Å². The predicted octanol–water partition coefficient (Wildman–Crippen LogP) is 7.33. The summed E-state index contributed by atoms with van der Waals surface area (Å²) < 4.78 is 20.9. The van der Waals surface area contributed by atoms with Crippen LogP contribution in [0.4, 0.5) is 0 Å². The first-order chi connectivity index (χ1) is 12.5. The van der Waals surface area contributed by atoms with Crippen molar-refractivity contribution in [2.75, 3.05) is 6.61 Å². The molecule has 2 unspecified atom stereocenters. The molecule has 0 aliphatic heterocycles. The SMILES string of the molecule is CCCCCCCCCCCCCCCCOOP(=O)(O)OC(C)CC. The van der Waals surface area contributed by atoms with Crippen LogP contribution in [0.15, 0.2) is 0 Å². The zero-order chi connectivity index (χ0) is 19.5. The molecule has 0 radical (unpaired) electrons. The summed E-state index contributed by atoms with van der Waals surface area (Å²) in [6.45, 7) is 6.19. The summed E-state index contributed by atoms with van der Waals surface area (Å²) in [6, 6.07) is 0. The van der Waals surface area contributed by atoms with Gasteiger partial charge in [-0.1, -0.05) is 97.3 Å². The standard InChI is InChI=1S/C20H43O5P/c1-4-6-7-8-9-10-11-12-13-14-15-16-17-18-19-23-25-26(21,22)24-20(3)5-2/h20H,4-19H2,1-3H3,(H,21,22). The maximum absolute atomic E-state index is 11.5. The molecule has 26 heavy (non-hydrogen) atoms. The van der Waals surface area contributed by atoms with Gasteiger partial charge in [-0.25, -0.2) is 9.45 Å². The van der Waals surface area contributed by atoms with Crippen molar-refractivity contribution in [3.63, 3.8) is 0 Å². The van der Waals surface area contributed by atoms with Crippen LogP contribution >= 0.6 is 7.82 Å². The van der Waals surface area contributed by atoms with Crippen molar-refractivity contribution in [1.29, 1.82) is 0 Å². The second-order valence-electron chi connectivity index (χ2n) is 7.29. The van der Waals surface area contributed by atoms with Crippen molar-refractivity contribution in [1.82, 2.24) is 0 Å². The molecule has 0 aromatic carbocycles. The van der Waals surface area contributed by atoms with Crippen LogP contribution in [0.25, 0.3) is 0 Å². The minimum Gasteiger partial charge on any atom is -0.301 e. The molecule has 0 aromatic heterocycles. The lowest BCUT2D eigenvalue weighted by molar-refractivity contribution is -0.226. The number of phosphoric acid groups is 1. The molecule has 0 saturated carbocycles. The second kappa shape index (κ2) is 18.4. The summed E-state index contributed by atoms with van der Waals surface area (Å²) in [4.78, 5) is 14.2. The van der Waals surface area contributed by atoms with Gasteiger partial charge in [0, 0.05) is 0 Å². The Kier molecular flexibility index (Phi) is 18.5. The van der Waals surface area contributed by atoms with Crippen molar-refractivity contribution in [3.05, 3.63) is 0 Å². The summed E-state index contributed by atoms with van der Waals surface area (Å²) in [5.74, 6) is 0. The first-order valence-corrected chi connectivity index (χ1v) is 12.3. The van der Waals surface area contributed by atoms with E-state index in [1.54, 1.807) is 6.92 Å². The van der Waals surface area contributed by atoms with E-state index in [2.05, 4.69) is 11.6 Å². The number of phosphoric ester groups is 1. The molecule has 0 spiro atoms. The Morgan fingerprint density at radius 3 is 1.62 bits per heavy atom. The van der Waals surface area contributed by atoms with E-state index >= 15 is 0 Å². The van der Waals surface area contributed by atoms with E-state index in [9.17, 15) is 9.46 Å². The van der Waals surface area contributed by atoms with Gasteiger partial charge in [-0.3, -0.25) is 4.52 Å². The fourth-order valence-electron chi connectivity index (χ4n) is 2.78. The molecular formula is C20H43O5P. The molecule has 0 aliphatic carbocycles. The lowest BCUT2D eigenvalue weighted by atomic mass is 10.0. The third-order valence-corrected chi connectivity index (χ3v) is 5.54. The molecule has 6 heteroatoms. The molecule has 1 N–H and O–H groups in total. The number of rotatable bonds is 20. The molecule has 158 valence electrons. The third-order valence-electron chi connectivity index (χ3n) is 4.62. The fraction of sp³-hybridized carbons (Fsp3) is 1.00. The molecule has 0 saturated heterocycles. The van der Waals surface area contributed by atoms with Crippen LogP contribution in [-0.2, 0) is 18.7 Å². The van der Waals surface area contributed by atoms with Gasteiger partial charge in [-0.15, -0.1) is 4.67 Å². The minimum atomic E-state index is -4.08. The number of hydrogen-bond acceptors (Lipinski definition) is 4. The fourth-order valence-corrected chi connectivity index (χ4v) is 3.63. The Labute approximate surface area is 161 Å². The largest absolute Gasteiger partial charge is 0.499 e. The third kappa shape index (κ3) is 18.8. The molecule has 2 atom stereocenters. The first-order valence-electron chi connectivity index (χ1n) is 10.8. The van der Waals surface area contributed by atoms with E-state index in [0.29, 0.717) is 13.0 Å². The Morgan fingerprint density at radius 1 is 0.769 bits per heavy atom. The Bertz CT molecular complexity index is 338. The van der Waals surface area contributed by atoms with E-state index in [1.807, 2.05) is 6.92 Å². The van der Waals surface area contributed by atoms with Crippen LogP contribution in [0.3, 0.4) is 0 Å². The number of hydrogen-bond donors (Lipinski definition) is 1. The average Bonchev–Trinajstić information content (AvgIpc) is 2.60. The minimum absolute atomic E-state index is 0.324. The lowest BCUT2D eigenvalue weighted by Crippen LogP contribution is -2.06. The molecule has 0 fully saturated rings. The summed E-state index contributed by atoms with van der Waals surface area (Å²) >= 11 is 0. The number of unbranched alkanes of at least 4 members (excludes halogenated alkanes) is 13. The van der Waals surface area contributed by atoms with Crippen molar-refractivity contribution in [2.24, 2.45) is 0 Å². The Morgan fingerprint density at radius 2 is 1.19 bits per heavy atom. The molecule has 0 amide bonds. The van der Waals surface area contributed by atoms with Crippen LogP contribution < -0.4 is 0 Å². The Balaban J connectivity index is 3.23. The summed E-state index contributed by atoms with van der Waals surface area (Å²) in [5.41, 5.74) is 0. The van der Waals surface area contributed by atoms with Crippen LogP contribution in [0.5, 0.6) is 0 Å². The Hall–Kier alpha value is 0.0700. The highest BCUT2D eigenvalue weighted by Crippen LogP contribution is 2.45. The molecule has 0 rings (SSSR count). The topological polar surface area (TPSA) is 65.0 Å². The zero-order valence-electron chi connectivity index (χ0n) is 17.4. The smallest absolute Gasteiger partial charge is 0.301 e. The van der Waals surface area contributed by atoms with E-state index in [-0.39, 0.29) is 6.10 Å². The summed E-state index contributed by atoms with van der Waals surface area (Å²) in [7, 11) is -4.08. The average molecular weight is 395 g/mol. The molecule has 0 aromatic rings. The maximum atomic E-state index is 11.5. The van der Waals surface area contributed by atoms with E-state index < -0.39 is 7.82 Å². The highest BCUT2D eigenvalue weighted by Gasteiger charge is 2.25. The van der Waals surface area contributed by atoms with Gasteiger partial charge < -0.3 is 4.89 Å². The molecule has 0 bridgehead atoms. The first kappa shape index (κ1) is 26.1. The highest BCUT2D eigenvalue weighted by atomic mass is 31.2. The van der Waals surface area contributed by atoms with Crippen molar-refractivity contribution < 1.29 is 23.5 Å². The summed E-state index contributed by atoms with van der Waals surface area (Å²) in [6.07, 6.45) is 18.4. The van der Waals surface area contributed by atoms with Crippen LogP contribution in [0.1, 0.15) is 117 Å². The van der Waals surface area contributed by atoms with Crippen LogP contribution in [0, 0.1) is 0 Å². The van der Waals surface area contributed by atoms with E-state index in [0.717, 1.165) is 12.8 Å². The maximum Gasteiger partial charge on any atom is 0.499 e. The highest BCUT2D eigenvalue weighted by molar-refractivity contribution is 7.47. The normalized spacial score (nSPS) is 15.1. The zero-order valence-corrected chi connectivity index (χ0v) is 18.3. The second-order valence-corrected chi connectivity index (χ2v) is 8.58. The molecule has 0 heterocycles. The molecule has 5 nitrogen and oxygen atoms in total. The van der Waals surface area contributed by atoms with Gasteiger partial charge in [-0.2, -0.15) is 0 Å². The van der Waals surface area contributed by atoms with Gasteiger partial charge in [0.05, 0.1) is 12.7 Å². The van der Waals surface area contributed by atoms with E-state index in [1.165, 1.54) is 77.0 Å². The quantitative estimate of drug-likeness (QED) is 0.101. The van der Waals surface area contributed by atoms with Gasteiger partial charge in [0.2, 0.25) is 0 Å².